The molecule has 1 aliphatic heterocycles. The number of hydrogen-bond donors (Lipinski definition) is 3. The van der Waals surface area contributed by atoms with E-state index in [1.165, 1.54) is 22.9 Å². The van der Waals surface area contributed by atoms with Gasteiger partial charge in [0, 0.05) is 36.9 Å². The van der Waals surface area contributed by atoms with E-state index < -0.39 is 40.5 Å². The summed E-state index contributed by atoms with van der Waals surface area (Å²) in [6, 6.07) is 12.7. The van der Waals surface area contributed by atoms with Crippen molar-refractivity contribution in [2.75, 3.05) is 13.2 Å². The summed E-state index contributed by atoms with van der Waals surface area (Å²) < 4.78 is 18.1. The predicted octanol–water partition coefficient (Wildman–Crippen LogP) is 1.18. The number of nitro groups is 1. The van der Waals surface area contributed by atoms with Crippen molar-refractivity contribution in [1.29, 1.82) is 0 Å². The lowest BCUT2D eigenvalue weighted by Crippen LogP contribution is -2.39. The van der Waals surface area contributed by atoms with Gasteiger partial charge in [0.05, 0.1) is 11.0 Å². The number of aromatic amines is 1. The third-order valence-corrected chi connectivity index (χ3v) is 5.91. The van der Waals surface area contributed by atoms with E-state index in [9.17, 15) is 29.6 Å². The van der Waals surface area contributed by atoms with Crippen LogP contribution in [0.1, 0.15) is 23.8 Å². The third kappa shape index (κ3) is 6.63. The number of benzene rings is 2. The molecule has 0 spiro atoms. The van der Waals surface area contributed by atoms with E-state index in [2.05, 4.69) is 10.3 Å². The number of aliphatic hydroxyl groups is 1. The number of nitrogens with zero attached hydrogens (tertiary/aromatic N) is 2. The Morgan fingerprint density at radius 3 is 2.47 bits per heavy atom. The predicted molar refractivity (Wildman–Crippen MR) is 133 cm³/mol. The van der Waals surface area contributed by atoms with Crippen molar-refractivity contribution >= 4 is 11.6 Å². The fraction of sp³-hybridized carbons (Fsp3) is 0.320. The highest BCUT2D eigenvalue weighted by atomic mass is 16.6. The highest BCUT2D eigenvalue weighted by Crippen LogP contribution is 2.27. The van der Waals surface area contributed by atoms with Crippen LogP contribution in [0.25, 0.3) is 0 Å². The maximum Gasteiger partial charge on any atom is 0.330 e. The SMILES string of the molecule is Cc1cn(C2CC(O)C(CNC(=O)COc3ccc(OCc4ccc([N+](=O)[O-])cc4)cc3)O2)c(=O)[nH]c1=O. The summed E-state index contributed by atoms with van der Waals surface area (Å²) >= 11 is 0. The highest BCUT2D eigenvalue weighted by Gasteiger charge is 2.35. The summed E-state index contributed by atoms with van der Waals surface area (Å²) in [4.78, 5) is 48.3. The molecule has 3 N–H and O–H groups in total. The molecule has 0 aliphatic carbocycles. The standard InChI is InChI=1S/C25H26N4O9/c1-15-12-28(25(33)27-24(15)32)23-10-20(30)21(38-23)11-26-22(31)14-37-19-8-6-18(7-9-19)36-13-16-2-4-17(5-3-16)29(34)35/h2-9,12,20-21,23,30H,10-11,13-14H2,1H3,(H,26,31)(H,27,32,33). The van der Waals surface area contributed by atoms with Crippen LogP contribution in [0.15, 0.2) is 64.3 Å². The quantitative estimate of drug-likeness (QED) is 0.259. The number of hydrogen-bond acceptors (Lipinski definition) is 9. The van der Waals surface area contributed by atoms with Gasteiger partial charge in [-0.2, -0.15) is 0 Å². The summed E-state index contributed by atoms with van der Waals surface area (Å²) in [5, 5.41) is 23.7. The molecule has 3 aromatic rings. The Balaban J connectivity index is 1.20. The van der Waals surface area contributed by atoms with Crippen LogP contribution >= 0.6 is 0 Å². The molecule has 0 saturated carbocycles. The van der Waals surface area contributed by atoms with Crippen LogP contribution < -0.4 is 26.0 Å². The number of aliphatic hydroxyl groups excluding tert-OH is 1. The van der Waals surface area contributed by atoms with Crippen LogP contribution in [0.5, 0.6) is 11.5 Å². The van der Waals surface area contributed by atoms with Crippen molar-refractivity contribution in [2.24, 2.45) is 0 Å². The average Bonchev–Trinajstić information content (AvgIpc) is 3.27. The van der Waals surface area contributed by atoms with Crippen molar-refractivity contribution < 1.29 is 29.0 Å². The first-order chi connectivity index (χ1) is 18.2. The maximum atomic E-state index is 12.2. The van der Waals surface area contributed by atoms with E-state index in [0.29, 0.717) is 17.1 Å². The average molecular weight is 527 g/mol. The van der Waals surface area contributed by atoms with E-state index >= 15 is 0 Å². The topological polar surface area (TPSA) is 175 Å². The molecule has 1 fully saturated rings. The smallest absolute Gasteiger partial charge is 0.330 e. The Bertz CT molecular complexity index is 1400. The number of nitro benzene ring substituents is 1. The van der Waals surface area contributed by atoms with E-state index in [-0.39, 0.29) is 31.9 Å². The highest BCUT2D eigenvalue weighted by molar-refractivity contribution is 5.77. The van der Waals surface area contributed by atoms with Gasteiger partial charge in [0.1, 0.15) is 30.4 Å². The number of carbonyl (C=O) groups is 1. The fourth-order valence-electron chi connectivity index (χ4n) is 3.80. The first-order valence-electron chi connectivity index (χ1n) is 11.7. The molecule has 0 bridgehead atoms. The zero-order chi connectivity index (χ0) is 27.2. The molecule has 1 aromatic heterocycles. The molecule has 1 aliphatic rings. The molecule has 2 heterocycles. The van der Waals surface area contributed by atoms with Crippen molar-refractivity contribution in [3.05, 3.63) is 96.8 Å². The number of aromatic nitrogens is 2. The minimum atomic E-state index is -0.918. The lowest BCUT2D eigenvalue weighted by molar-refractivity contribution is -0.384. The van der Waals surface area contributed by atoms with Crippen LogP contribution in [-0.4, -0.2) is 50.8 Å². The number of non-ortho nitro benzene ring substituents is 1. The molecule has 13 nitrogen and oxygen atoms in total. The number of aryl methyl sites for hydroxylation is 1. The zero-order valence-corrected chi connectivity index (χ0v) is 20.4. The van der Waals surface area contributed by atoms with E-state index in [4.69, 9.17) is 14.2 Å². The van der Waals surface area contributed by atoms with Crippen molar-refractivity contribution in [3.63, 3.8) is 0 Å². The number of amides is 1. The molecule has 0 radical (unpaired) electrons. The molecule has 38 heavy (non-hydrogen) atoms. The van der Waals surface area contributed by atoms with Crippen molar-refractivity contribution in [1.82, 2.24) is 14.9 Å². The van der Waals surface area contributed by atoms with E-state index in [0.717, 1.165) is 5.56 Å². The Labute approximate surface area is 215 Å². The normalized spacial score (nSPS) is 18.6. The van der Waals surface area contributed by atoms with Gasteiger partial charge in [-0.15, -0.1) is 0 Å². The van der Waals surface area contributed by atoms with Crippen LogP contribution in [0.2, 0.25) is 0 Å². The minimum Gasteiger partial charge on any atom is -0.489 e. The van der Waals surface area contributed by atoms with E-state index in [1.54, 1.807) is 43.3 Å². The summed E-state index contributed by atoms with van der Waals surface area (Å²) in [5.74, 6) is 0.562. The molecule has 13 heteroatoms. The Kier molecular flexibility index (Phi) is 8.19. The van der Waals surface area contributed by atoms with Gasteiger partial charge in [-0.25, -0.2) is 4.79 Å². The monoisotopic (exact) mass is 526 g/mol. The van der Waals surface area contributed by atoms with Gasteiger partial charge in [-0.05, 0) is 48.9 Å². The lowest BCUT2D eigenvalue weighted by Gasteiger charge is -2.17. The van der Waals surface area contributed by atoms with Gasteiger partial charge < -0.3 is 24.6 Å². The van der Waals surface area contributed by atoms with Crippen LogP contribution in [0, 0.1) is 17.0 Å². The summed E-state index contributed by atoms with van der Waals surface area (Å²) in [6.45, 7) is 1.52. The third-order valence-electron chi connectivity index (χ3n) is 5.91. The molecule has 2 aromatic carbocycles. The number of carbonyl (C=O) groups excluding carboxylic acids is 1. The largest absolute Gasteiger partial charge is 0.489 e. The first-order valence-corrected chi connectivity index (χ1v) is 11.7. The van der Waals surface area contributed by atoms with Crippen LogP contribution in [0.4, 0.5) is 5.69 Å². The molecule has 200 valence electrons. The van der Waals surface area contributed by atoms with E-state index in [1.807, 2.05) is 0 Å². The number of nitrogens with one attached hydrogen (secondary N) is 2. The fourth-order valence-corrected chi connectivity index (χ4v) is 3.80. The van der Waals surface area contributed by atoms with Crippen molar-refractivity contribution in [2.45, 2.75) is 38.4 Å². The molecule has 3 unspecified atom stereocenters. The van der Waals surface area contributed by atoms with Crippen LogP contribution in [0.3, 0.4) is 0 Å². The van der Waals surface area contributed by atoms with Crippen LogP contribution in [-0.2, 0) is 16.1 Å². The number of ether oxygens (including phenoxy) is 3. The molecule has 1 saturated heterocycles. The Morgan fingerprint density at radius 2 is 1.82 bits per heavy atom. The zero-order valence-electron chi connectivity index (χ0n) is 20.4. The second kappa shape index (κ2) is 11.7. The van der Waals surface area contributed by atoms with Gasteiger partial charge in [-0.1, -0.05) is 0 Å². The van der Waals surface area contributed by atoms with Crippen molar-refractivity contribution in [3.8, 4) is 11.5 Å². The Morgan fingerprint density at radius 1 is 1.16 bits per heavy atom. The molecule has 3 atom stereocenters. The molecule has 4 rings (SSSR count). The summed E-state index contributed by atoms with van der Waals surface area (Å²) in [6.07, 6.45) is -0.929. The first kappa shape index (κ1) is 26.6. The lowest BCUT2D eigenvalue weighted by atomic mass is 10.2. The van der Waals surface area contributed by atoms with Gasteiger partial charge >= 0.3 is 5.69 Å². The Hall–Kier alpha value is -4.49. The molecule has 1 amide bonds. The van der Waals surface area contributed by atoms with Gasteiger partial charge in [0.2, 0.25) is 0 Å². The van der Waals surface area contributed by atoms with Gasteiger partial charge in [-0.3, -0.25) is 29.3 Å². The summed E-state index contributed by atoms with van der Waals surface area (Å²) in [7, 11) is 0. The molecular formula is C25H26N4O9. The molecular weight excluding hydrogens is 500 g/mol. The van der Waals surface area contributed by atoms with Gasteiger partial charge in [0.25, 0.3) is 17.2 Å². The number of H-pyrrole nitrogens is 1. The number of rotatable bonds is 10. The second-order valence-corrected chi connectivity index (χ2v) is 8.69. The van der Waals surface area contributed by atoms with Gasteiger partial charge in [0.15, 0.2) is 6.61 Å². The maximum absolute atomic E-state index is 12.2. The summed E-state index contributed by atoms with van der Waals surface area (Å²) in [5.41, 5.74) is -0.0123. The second-order valence-electron chi connectivity index (χ2n) is 8.69. The minimum absolute atomic E-state index is 0.00632.